The Labute approximate surface area is 76.1 Å². The van der Waals surface area contributed by atoms with Crippen LogP contribution in [-0.4, -0.2) is 22.8 Å². The fraction of sp³-hybridized carbons (Fsp3) is 0.857. The maximum Gasteiger partial charge on any atom is 0.217 e. The Kier molecular flexibility index (Phi) is 5.21. The monoisotopic (exact) mass is 192 g/mol. The molecule has 1 radical (unpaired) electrons. The molecular formula is C7H14NOS2. The average Bonchev–Trinajstić information content (AvgIpc) is 1.85. The van der Waals surface area contributed by atoms with Gasteiger partial charge in [-0.3, -0.25) is 4.79 Å². The number of nitrogens with two attached hydrogens (primary N) is 1. The first kappa shape index (κ1) is 11.3. The van der Waals surface area contributed by atoms with Gasteiger partial charge in [0, 0.05) is 10.5 Å². The van der Waals surface area contributed by atoms with Crippen molar-refractivity contribution >= 4 is 27.9 Å². The van der Waals surface area contributed by atoms with E-state index in [9.17, 15) is 4.79 Å². The molecule has 11 heavy (non-hydrogen) atoms. The van der Waals surface area contributed by atoms with Crippen LogP contribution >= 0.6 is 21.6 Å². The summed E-state index contributed by atoms with van der Waals surface area (Å²) in [5, 5.41) is 0. The molecule has 2 N–H and O–H groups in total. The number of carbonyl (C=O) groups excluding carboxylic acids is 1. The van der Waals surface area contributed by atoms with Crippen molar-refractivity contribution < 1.29 is 4.79 Å². The molecule has 0 fully saturated rings. The van der Waals surface area contributed by atoms with Crippen molar-refractivity contribution in [1.29, 1.82) is 0 Å². The van der Waals surface area contributed by atoms with Gasteiger partial charge in [-0.15, -0.1) is 0 Å². The van der Waals surface area contributed by atoms with Gasteiger partial charge in [-0.05, 0) is 0 Å². The maximum atomic E-state index is 9.99. The zero-order valence-corrected chi connectivity index (χ0v) is 8.72. The summed E-state index contributed by atoms with van der Waals surface area (Å²) in [6, 6.07) is -0.435. The fourth-order valence-corrected chi connectivity index (χ4v) is 2.66. The van der Waals surface area contributed by atoms with Gasteiger partial charge in [0.15, 0.2) is 0 Å². The van der Waals surface area contributed by atoms with E-state index in [0.717, 1.165) is 0 Å². The van der Waals surface area contributed by atoms with E-state index in [4.69, 9.17) is 5.73 Å². The van der Waals surface area contributed by atoms with E-state index in [1.807, 2.05) is 0 Å². The van der Waals surface area contributed by atoms with Crippen molar-refractivity contribution in [3.05, 3.63) is 0 Å². The molecule has 0 amide bonds. The second-order valence-electron chi connectivity index (χ2n) is 3.20. The molecule has 0 aliphatic heterocycles. The van der Waals surface area contributed by atoms with E-state index >= 15 is 0 Å². The van der Waals surface area contributed by atoms with E-state index in [-0.39, 0.29) is 4.75 Å². The highest BCUT2D eigenvalue weighted by Gasteiger charge is 2.11. The van der Waals surface area contributed by atoms with Gasteiger partial charge in [0.1, 0.15) is 0 Å². The molecule has 0 rings (SSSR count). The molecule has 0 saturated heterocycles. The molecule has 2 nitrogen and oxygen atoms in total. The Hall–Kier alpha value is 0.330. The summed E-state index contributed by atoms with van der Waals surface area (Å²) in [6.07, 6.45) is 1.74. The Morgan fingerprint density at radius 1 is 1.55 bits per heavy atom. The van der Waals surface area contributed by atoms with Crippen LogP contribution < -0.4 is 5.73 Å². The van der Waals surface area contributed by atoms with Gasteiger partial charge >= 0.3 is 0 Å². The average molecular weight is 192 g/mol. The first-order valence-corrected chi connectivity index (χ1v) is 5.71. The zero-order valence-electron chi connectivity index (χ0n) is 7.09. The van der Waals surface area contributed by atoms with E-state index in [0.29, 0.717) is 5.75 Å². The zero-order chi connectivity index (χ0) is 8.91. The fourth-order valence-electron chi connectivity index (χ4n) is 0.318. The molecule has 65 valence electrons. The van der Waals surface area contributed by atoms with Gasteiger partial charge in [-0.25, -0.2) is 0 Å². The highest BCUT2D eigenvalue weighted by atomic mass is 33.1. The largest absolute Gasteiger partial charge is 0.320 e. The molecule has 0 aliphatic rings. The molecule has 0 aromatic heterocycles. The number of rotatable bonds is 4. The molecule has 0 spiro atoms. The third-order valence-corrected chi connectivity index (χ3v) is 4.08. The molecule has 1 atom stereocenters. The van der Waals surface area contributed by atoms with Gasteiger partial charge in [-0.1, -0.05) is 42.4 Å². The van der Waals surface area contributed by atoms with Crippen LogP contribution in [0.5, 0.6) is 0 Å². The molecule has 0 saturated carbocycles. The van der Waals surface area contributed by atoms with Crippen LogP contribution in [0.3, 0.4) is 0 Å². The van der Waals surface area contributed by atoms with Crippen molar-refractivity contribution in [1.82, 2.24) is 0 Å². The van der Waals surface area contributed by atoms with Crippen LogP contribution in [0.4, 0.5) is 0 Å². The minimum Gasteiger partial charge on any atom is -0.320 e. The number of hydrogen-bond donors (Lipinski definition) is 1. The second kappa shape index (κ2) is 5.06. The summed E-state index contributed by atoms with van der Waals surface area (Å²) in [4.78, 5) is 9.99. The lowest BCUT2D eigenvalue weighted by atomic mass is 10.3. The molecule has 0 aliphatic carbocycles. The SMILES string of the molecule is CC(C)(C)SSC[C@H](N)[C]=O. The van der Waals surface area contributed by atoms with Gasteiger partial charge in [0.2, 0.25) is 6.29 Å². The summed E-state index contributed by atoms with van der Waals surface area (Å²) >= 11 is 0. The van der Waals surface area contributed by atoms with Gasteiger partial charge in [0.25, 0.3) is 0 Å². The summed E-state index contributed by atoms with van der Waals surface area (Å²) in [7, 11) is 3.36. The lowest BCUT2D eigenvalue weighted by Gasteiger charge is -2.16. The molecule has 0 unspecified atom stereocenters. The maximum absolute atomic E-state index is 9.99. The summed E-state index contributed by atoms with van der Waals surface area (Å²) < 4.78 is 0.229. The van der Waals surface area contributed by atoms with Crippen molar-refractivity contribution in [2.75, 3.05) is 5.75 Å². The molecular weight excluding hydrogens is 178 g/mol. The van der Waals surface area contributed by atoms with Crippen molar-refractivity contribution in [3.63, 3.8) is 0 Å². The van der Waals surface area contributed by atoms with Gasteiger partial charge in [-0.2, -0.15) is 0 Å². The molecule has 0 aromatic carbocycles. The van der Waals surface area contributed by atoms with Crippen LogP contribution in [0.2, 0.25) is 0 Å². The molecule has 0 heterocycles. The Balaban J connectivity index is 3.35. The van der Waals surface area contributed by atoms with E-state index in [1.165, 1.54) is 0 Å². The first-order chi connectivity index (χ1) is 4.95. The first-order valence-electron chi connectivity index (χ1n) is 3.39. The van der Waals surface area contributed by atoms with Gasteiger partial charge in [0.05, 0.1) is 6.04 Å². The summed E-state index contributed by atoms with van der Waals surface area (Å²) in [5.41, 5.74) is 5.34. The highest BCUT2D eigenvalue weighted by Crippen LogP contribution is 2.34. The highest BCUT2D eigenvalue weighted by molar-refractivity contribution is 8.77. The van der Waals surface area contributed by atoms with Crippen molar-refractivity contribution in [2.45, 2.75) is 31.6 Å². The van der Waals surface area contributed by atoms with E-state index < -0.39 is 6.04 Å². The Morgan fingerprint density at radius 2 is 2.09 bits per heavy atom. The molecule has 0 bridgehead atoms. The van der Waals surface area contributed by atoms with E-state index in [1.54, 1.807) is 27.9 Å². The van der Waals surface area contributed by atoms with Gasteiger partial charge < -0.3 is 5.73 Å². The lowest BCUT2D eigenvalue weighted by Crippen LogP contribution is -2.24. The van der Waals surface area contributed by atoms with Crippen molar-refractivity contribution in [2.24, 2.45) is 5.73 Å². The Bertz CT molecular complexity index is 122. The standard InChI is InChI=1S/C7H14NOS2/c1-7(2,3)11-10-5-6(8)4-9/h6H,5,8H2,1-3H3/t6-/m1/s1. The topological polar surface area (TPSA) is 43.1 Å². The quantitative estimate of drug-likeness (QED) is 0.687. The normalized spacial score (nSPS) is 14.5. The van der Waals surface area contributed by atoms with Crippen LogP contribution in [0.1, 0.15) is 20.8 Å². The van der Waals surface area contributed by atoms with Crippen LogP contribution in [-0.2, 0) is 4.79 Å². The second-order valence-corrected chi connectivity index (χ2v) is 6.37. The van der Waals surface area contributed by atoms with Crippen LogP contribution in [0.25, 0.3) is 0 Å². The lowest BCUT2D eigenvalue weighted by molar-refractivity contribution is 0.546. The van der Waals surface area contributed by atoms with Crippen molar-refractivity contribution in [3.8, 4) is 0 Å². The smallest absolute Gasteiger partial charge is 0.217 e. The molecule has 0 aromatic rings. The predicted octanol–water partition coefficient (Wildman–Crippen LogP) is 1.60. The minimum absolute atomic E-state index is 0.229. The third-order valence-electron chi connectivity index (χ3n) is 0.708. The third kappa shape index (κ3) is 8.23. The Morgan fingerprint density at radius 3 is 2.45 bits per heavy atom. The number of hydrogen-bond acceptors (Lipinski definition) is 4. The molecule has 4 heteroatoms. The minimum atomic E-state index is -0.435. The van der Waals surface area contributed by atoms with E-state index in [2.05, 4.69) is 20.8 Å². The van der Waals surface area contributed by atoms with Crippen LogP contribution in [0, 0.1) is 0 Å². The summed E-state index contributed by atoms with van der Waals surface area (Å²) in [6.45, 7) is 6.38. The predicted molar refractivity (Wildman–Crippen MR) is 53.5 cm³/mol. The summed E-state index contributed by atoms with van der Waals surface area (Å²) in [5.74, 6) is 0.644. The van der Waals surface area contributed by atoms with Crippen LogP contribution in [0.15, 0.2) is 0 Å².